The van der Waals surface area contributed by atoms with E-state index in [2.05, 4.69) is 25.7 Å². The summed E-state index contributed by atoms with van der Waals surface area (Å²) in [5, 5.41) is 15.9. The molecule has 0 bridgehead atoms. The van der Waals surface area contributed by atoms with Crippen molar-refractivity contribution in [1.29, 1.82) is 0 Å². The molecule has 1 N–H and O–H groups in total. The first-order valence-electron chi connectivity index (χ1n) is 9.34. The fourth-order valence-electron chi connectivity index (χ4n) is 3.08. The number of hydrogen-bond acceptors (Lipinski definition) is 6. The minimum atomic E-state index is -0.0980. The Labute approximate surface area is 170 Å². The molecular formula is C20H17ClN6O2. The van der Waals surface area contributed by atoms with Crippen LogP contribution in [0.2, 0.25) is 5.02 Å². The number of fused-ring (bicyclic) bond motifs is 1. The number of aromatic nitrogens is 5. The Morgan fingerprint density at radius 1 is 1.21 bits per heavy atom. The molecule has 3 heterocycles. The summed E-state index contributed by atoms with van der Waals surface area (Å²) in [5.74, 6) is 2.23. The van der Waals surface area contributed by atoms with Crippen molar-refractivity contribution in [3.05, 3.63) is 64.8 Å². The second kappa shape index (κ2) is 7.29. The van der Waals surface area contributed by atoms with E-state index in [-0.39, 0.29) is 18.9 Å². The molecule has 1 aliphatic carbocycles. The highest BCUT2D eigenvalue weighted by Gasteiger charge is 2.29. The van der Waals surface area contributed by atoms with Crippen molar-refractivity contribution < 1.29 is 9.32 Å². The number of pyridine rings is 1. The Morgan fingerprint density at radius 3 is 2.83 bits per heavy atom. The molecule has 9 heteroatoms. The predicted octanol–water partition coefficient (Wildman–Crippen LogP) is 3.17. The third-order valence-electron chi connectivity index (χ3n) is 4.83. The van der Waals surface area contributed by atoms with Crippen LogP contribution in [-0.4, -0.2) is 30.6 Å². The molecule has 5 rings (SSSR count). The van der Waals surface area contributed by atoms with Crippen molar-refractivity contribution in [1.82, 2.24) is 30.1 Å². The fraction of sp³-hybridized carbons (Fsp3) is 0.250. The molecule has 29 heavy (non-hydrogen) atoms. The third-order valence-corrected chi connectivity index (χ3v) is 5.09. The van der Waals surface area contributed by atoms with Crippen LogP contribution in [0.4, 0.5) is 0 Å². The lowest BCUT2D eigenvalue weighted by Crippen LogP contribution is -2.25. The molecule has 1 saturated carbocycles. The van der Waals surface area contributed by atoms with Gasteiger partial charge in [-0.05, 0) is 42.7 Å². The van der Waals surface area contributed by atoms with Gasteiger partial charge in [0, 0.05) is 22.7 Å². The van der Waals surface area contributed by atoms with Crippen molar-refractivity contribution in [2.75, 3.05) is 0 Å². The number of nitrogens with one attached hydrogen (secondary N) is 1. The van der Waals surface area contributed by atoms with E-state index in [4.69, 9.17) is 16.1 Å². The maximum atomic E-state index is 12.2. The first-order chi connectivity index (χ1) is 14.2. The minimum absolute atomic E-state index is 0.0980. The molecule has 1 aromatic carbocycles. The number of rotatable bonds is 6. The Bertz CT molecular complexity index is 1180. The van der Waals surface area contributed by atoms with Gasteiger partial charge in [-0.2, -0.15) is 4.98 Å². The zero-order chi connectivity index (χ0) is 19.8. The Morgan fingerprint density at radius 2 is 2.03 bits per heavy atom. The number of carbonyl (C=O) groups is 1. The monoisotopic (exact) mass is 408 g/mol. The van der Waals surface area contributed by atoms with Gasteiger partial charge in [0.2, 0.25) is 5.91 Å². The summed E-state index contributed by atoms with van der Waals surface area (Å²) >= 11 is 5.87. The van der Waals surface area contributed by atoms with Crippen LogP contribution in [-0.2, 0) is 17.8 Å². The molecular weight excluding hydrogens is 392 g/mol. The predicted molar refractivity (Wildman–Crippen MR) is 105 cm³/mol. The largest absolute Gasteiger partial charge is 0.348 e. The van der Waals surface area contributed by atoms with Gasteiger partial charge in [0.25, 0.3) is 5.89 Å². The standard InChI is InChI=1S/C20H17ClN6O2/c21-15-5-1-12(2-6-15)9-18(28)22-11-17-25-24-16-10-14(7-8-27(16)17)20-23-19(26-29-20)13-3-4-13/h1-2,5-8,10,13H,3-4,9,11H2,(H,22,28). The molecule has 146 valence electrons. The van der Waals surface area contributed by atoms with Gasteiger partial charge < -0.3 is 9.84 Å². The van der Waals surface area contributed by atoms with E-state index in [9.17, 15) is 4.79 Å². The number of amides is 1. The van der Waals surface area contributed by atoms with E-state index in [1.165, 1.54) is 0 Å². The normalized spacial score (nSPS) is 13.7. The second-order valence-electron chi connectivity index (χ2n) is 7.07. The van der Waals surface area contributed by atoms with Crippen molar-refractivity contribution >= 4 is 23.2 Å². The first-order valence-corrected chi connectivity index (χ1v) is 9.72. The number of nitrogens with zero attached hydrogens (tertiary/aromatic N) is 5. The van der Waals surface area contributed by atoms with Crippen LogP contribution >= 0.6 is 11.6 Å². The van der Waals surface area contributed by atoms with Crippen LogP contribution in [0.5, 0.6) is 0 Å². The molecule has 3 aromatic heterocycles. The van der Waals surface area contributed by atoms with Crippen LogP contribution in [0, 0.1) is 0 Å². The van der Waals surface area contributed by atoms with E-state index >= 15 is 0 Å². The van der Waals surface area contributed by atoms with Crippen molar-refractivity contribution in [2.24, 2.45) is 0 Å². The van der Waals surface area contributed by atoms with Crippen LogP contribution in [0.25, 0.3) is 17.1 Å². The molecule has 0 radical (unpaired) electrons. The maximum absolute atomic E-state index is 12.2. The molecule has 1 amide bonds. The molecule has 0 aliphatic heterocycles. The summed E-state index contributed by atoms with van der Waals surface area (Å²) in [6.45, 7) is 0.277. The number of carbonyl (C=O) groups excluding carboxylic acids is 1. The first kappa shape index (κ1) is 17.8. The van der Waals surface area contributed by atoms with Crippen molar-refractivity contribution in [3.63, 3.8) is 0 Å². The second-order valence-corrected chi connectivity index (χ2v) is 7.51. The van der Waals surface area contributed by atoms with Crippen molar-refractivity contribution in [3.8, 4) is 11.5 Å². The van der Waals surface area contributed by atoms with E-state index in [0.29, 0.717) is 28.3 Å². The molecule has 1 fully saturated rings. The molecule has 1 aliphatic rings. The van der Waals surface area contributed by atoms with E-state index in [1.807, 2.05) is 34.9 Å². The number of hydrogen-bond donors (Lipinski definition) is 1. The number of benzene rings is 1. The maximum Gasteiger partial charge on any atom is 0.258 e. The third kappa shape index (κ3) is 3.84. The minimum Gasteiger partial charge on any atom is -0.348 e. The van der Waals surface area contributed by atoms with Crippen LogP contribution in [0.3, 0.4) is 0 Å². The SMILES string of the molecule is O=C(Cc1ccc(Cl)cc1)NCc1nnc2cc(-c3nc(C4CC4)no3)ccn12. The van der Waals surface area contributed by atoms with Gasteiger partial charge in [-0.15, -0.1) is 10.2 Å². The summed E-state index contributed by atoms with van der Waals surface area (Å²) in [5.41, 5.74) is 2.34. The molecule has 4 aromatic rings. The van der Waals surface area contributed by atoms with Gasteiger partial charge in [-0.1, -0.05) is 28.9 Å². The summed E-state index contributed by atoms with van der Waals surface area (Å²) in [6.07, 6.45) is 4.36. The van der Waals surface area contributed by atoms with E-state index in [0.717, 1.165) is 29.8 Å². The van der Waals surface area contributed by atoms with E-state index < -0.39 is 0 Å². The van der Waals surface area contributed by atoms with Gasteiger partial charge in [-0.25, -0.2) is 0 Å². The topological polar surface area (TPSA) is 98.2 Å². The van der Waals surface area contributed by atoms with Gasteiger partial charge in [0.15, 0.2) is 17.3 Å². The molecule has 0 saturated heterocycles. The zero-order valence-electron chi connectivity index (χ0n) is 15.4. The molecule has 0 unspecified atom stereocenters. The van der Waals surface area contributed by atoms with Gasteiger partial charge in [-0.3, -0.25) is 9.20 Å². The van der Waals surface area contributed by atoms with Crippen LogP contribution in [0.15, 0.2) is 47.1 Å². The highest BCUT2D eigenvalue weighted by molar-refractivity contribution is 6.30. The zero-order valence-corrected chi connectivity index (χ0v) is 16.1. The average molecular weight is 409 g/mol. The summed E-state index contributed by atoms with van der Waals surface area (Å²) in [7, 11) is 0. The summed E-state index contributed by atoms with van der Waals surface area (Å²) in [4.78, 5) is 16.7. The summed E-state index contributed by atoms with van der Waals surface area (Å²) in [6, 6.07) is 10.9. The van der Waals surface area contributed by atoms with Gasteiger partial charge >= 0.3 is 0 Å². The van der Waals surface area contributed by atoms with Crippen LogP contribution < -0.4 is 5.32 Å². The lowest BCUT2D eigenvalue weighted by molar-refractivity contribution is -0.120. The van der Waals surface area contributed by atoms with Gasteiger partial charge in [0.1, 0.15) is 0 Å². The van der Waals surface area contributed by atoms with Gasteiger partial charge in [0.05, 0.1) is 13.0 Å². The number of halogens is 1. The average Bonchev–Trinajstić information content (AvgIpc) is 3.32. The smallest absolute Gasteiger partial charge is 0.258 e. The lowest BCUT2D eigenvalue weighted by atomic mass is 10.1. The highest BCUT2D eigenvalue weighted by atomic mass is 35.5. The lowest BCUT2D eigenvalue weighted by Gasteiger charge is -2.05. The highest BCUT2D eigenvalue weighted by Crippen LogP contribution is 2.38. The molecule has 8 nitrogen and oxygen atoms in total. The van der Waals surface area contributed by atoms with E-state index in [1.54, 1.807) is 12.1 Å². The molecule has 0 atom stereocenters. The van der Waals surface area contributed by atoms with Crippen LogP contribution in [0.1, 0.15) is 36.0 Å². The molecule has 0 spiro atoms. The Balaban J connectivity index is 1.27. The fourth-order valence-corrected chi connectivity index (χ4v) is 3.21. The Hall–Kier alpha value is -3.26. The summed E-state index contributed by atoms with van der Waals surface area (Å²) < 4.78 is 7.19. The Kier molecular flexibility index (Phi) is 4.48. The quantitative estimate of drug-likeness (QED) is 0.526. The van der Waals surface area contributed by atoms with Crippen molar-refractivity contribution in [2.45, 2.75) is 31.7 Å².